The molecular weight excluding hydrogens is 272 g/mol. The molecule has 1 heterocycles. The van der Waals surface area contributed by atoms with Crippen molar-refractivity contribution in [3.8, 4) is 0 Å². The predicted octanol–water partition coefficient (Wildman–Crippen LogP) is 2.96. The second-order valence-corrected chi connectivity index (χ2v) is 6.68. The predicted molar refractivity (Wildman–Crippen MR) is 81.8 cm³/mol. The van der Waals surface area contributed by atoms with Crippen LogP contribution in [0.2, 0.25) is 0 Å². The Morgan fingerprint density at radius 3 is 3.00 bits per heavy atom. The first kappa shape index (κ1) is 13.7. The monoisotopic (exact) mass is 292 g/mol. The van der Waals surface area contributed by atoms with Gasteiger partial charge in [-0.25, -0.2) is 9.78 Å². The van der Waals surface area contributed by atoms with E-state index >= 15 is 0 Å². The van der Waals surface area contributed by atoms with Crippen molar-refractivity contribution in [1.82, 2.24) is 4.98 Å². The quantitative estimate of drug-likeness (QED) is 0.893. The molecule has 2 atom stereocenters. The van der Waals surface area contributed by atoms with E-state index in [1.165, 1.54) is 12.8 Å². The molecule has 2 N–H and O–H groups in total. The number of fused-ring (bicyclic) bond motifs is 1. The molecular formula is C15H20N2O2S. The minimum absolute atomic E-state index is 0.331. The van der Waals surface area contributed by atoms with E-state index in [1.54, 1.807) is 0 Å². The molecule has 1 aromatic heterocycles. The molecule has 0 aromatic carbocycles. The third-order valence-corrected chi connectivity index (χ3v) is 5.53. The fourth-order valence-corrected chi connectivity index (χ4v) is 4.23. The number of pyridine rings is 1. The second kappa shape index (κ2) is 5.64. The Hall–Kier alpha value is -1.23. The van der Waals surface area contributed by atoms with Crippen LogP contribution in [0.4, 0.5) is 5.82 Å². The van der Waals surface area contributed by atoms with Crippen LogP contribution in [0, 0.1) is 0 Å². The van der Waals surface area contributed by atoms with Crippen molar-refractivity contribution in [3.05, 3.63) is 22.9 Å². The lowest BCUT2D eigenvalue weighted by atomic mass is 10.1. The van der Waals surface area contributed by atoms with Crippen LogP contribution < -0.4 is 5.32 Å². The van der Waals surface area contributed by atoms with Crippen molar-refractivity contribution in [2.75, 3.05) is 11.6 Å². The van der Waals surface area contributed by atoms with Crippen LogP contribution >= 0.6 is 11.8 Å². The summed E-state index contributed by atoms with van der Waals surface area (Å²) in [5.74, 6) is -0.308. The molecule has 1 fully saturated rings. The first-order valence-electron chi connectivity index (χ1n) is 7.24. The highest BCUT2D eigenvalue weighted by Gasteiger charge is 2.29. The van der Waals surface area contributed by atoms with E-state index in [0.29, 0.717) is 22.7 Å². The summed E-state index contributed by atoms with van der Waals surface area (Å²) in [5.41, 5.74) is 2.52. The van der Waals surface area contributed by atoms with Gasteiger partial charge in [-0.1, -0.05) is 6.42 Å². The largest absolute Gasteiger partial charge is 0.478 e. The summed E-state index contributed by atoms with van der Waals surface area (Å²) in [5, 5.41) is 13.4. The number of nitrogens with one attached hydrogen (secondary N) is 1. The van der Waals surface area contributed by atoms with Crippen molar-refractivity contribution in [1.29, 1.82) is 0 Å². The van der Waals surface area contributed by atoms with E-state index in [0.717, 1.165) is 36.9 Å². The van der Waals surface area contributed by atoms with Gasteiger partial charge in [0.05, 0.1) is 0 Å². The van der Waals surface area contributed by atoms with Gasteiger partial charge in [-0.05, 0) is 50.0 Å². The van der Waals surface area contributed by atoms with Gasteiger partial charge < -0.3 is 10.4 Å². The lowest BCUT2D eigenvalue weighted by molar-refractivity contribution is 0.0697. The van der Waals surface area contributed by atoms with Gasteiger partial charge in [0.2, 0.25) is 0 Å². The fraction of sp³-hybridized carbons (Fsp3) is 0.600. The normalized spacial score (nSPS) is 24.6. The summed E-state index contributed by atoms with van der Waals surface area (Å²) in [6.07, 6.45) is 8.65. The average Bonchev–Trinajstić information content (AvgIpc) is 3.05. The zero-order chi connectivity index (χ0) is 14.1. The number of hydrogen-bond donors (Lipinski definition) is 2. The second-order valence-electron chi connectivity index (χ2n) is 5.60. The molecule has 0 spiro atoms. The van der Waals surface area contributed by atoms with Crippen LogP contribution in [-0.4, -0.2) is 33.6 Å². The number of anilines is 1. The Morgan fingerprint density at radius 2 is 2.25 bits per heavy atom. The molecule has 3 rings (SSSR count). The molecule has 4 nitrogen and oxygen atoms in total. The smallest absolute Gasteiger partial charge is 0.339 e. The number of hydrogen-bond acceptors (Lipinski definition) is 4. The van der Waals surface area contributed by atoms with Crippen LogP contribution in [0.3, 0.4) is 0 Å². The van der Waals surface area contributed by atoms with Crippen molar-refractivity contribution >= 4 is 23.5 Å². The minimum atomic E-state index is -0.881. The number of aryl methyl sites for hydroxylation is 2. The third kappa shape index (κ3) is 2.51. The van der Waals surface area contributed by atoms with Crippen molar-refractivity contribution in [3.63, 3.8) is 0 Å². The molecule has 1 aromatic rings. The Labute approximate surface area is 123 Å². The van der Waals surface area contributed by atoms with Crippen molar-refractivity contribution in [2.45, 2.75) is 49.8 Å². The van der Waals surface area contributed by atoms with Gasteiger partial charge in [0.25, 0.3) is 0 Å². The van der Waals surface area contributed by atoms with E-state index in [4.69, 9.17) is 0 Å². The van der Waals surface area contributed by atoms with Gasteiger partial charge in [-0.2, -0.15) is 11.8 Å². The summed E-state index contributed by atoms with van der Waals surface area (Å²) < 4.78 is 0. The fourth-order valence-electron chi connectivity index (χ4n) is 3.29. The zero-order valence-corrected chi connectivity index (χ0v) is 12.5. The summed E-state index contributed by atoms with van der Waals surface area (Å²) in [6.45, 7) is 0. The van der Waals surface area contributed by atoms with Gasteiger partial charge >= 0.3 is 5.97 Å². The van der Waals surface area contributed by atoms with Crippen LogP contribution in [0.25, 0.3) is 0 Å². The number of carboxylic acids is 1. The lowest BCUT2D eigenvalue weighted by Gasteiger charge is -2.21. The highest BCUT2D eigenvalue weighted by atomic mass is 32.2. The molecule has 108 valence electrons. The summed E-state index contributed by atoms with van der Waals surface area (Å²) in [6, 6.07) is 2.17. The van der Waals surface area contributed by atoms with E-state index < -0.39 is 5.97 Å². The SMILES string of the molecule is CSC1CCCC1Nc1nc2c(cc1C(=O)O)CCC2. The molecule has 2 aliphatic rings. The summed E-state index contributed by atoms with van der Waals surface area (Å²) in [4.78, 5) is 16.1. The van der Waals surface area contributed by atoms with Gasteiger partial charge in [0, 0.05) is 17.0 Å². The molecule has 2 unspecified atom stereocenters. The minimum Gasteiger partial charge on any atom is -0.478 e. The highest BCUT2D eigenvalue weighted by Crippen LogP contribution is 2.32. The molecule has 2 aliphatic carbocycles. The van der Waals surface area contributed by atoms with Crippen LogP contribution in [0.15, 0.2) is 6.07 Å². The van der Waals surface area contributed by atoms with E-state index in [-0.39, 0.29) is 0 Å². The molecule has 0 amide bonds. The number of aromatic nitrogens is 1. The van der Waals surface area contributed by atoms with Crippen molar-refractivity contribution < 1.29 is 9.90 Å². The summed E-state index contributed by atoms with van der Waals surface area (Å²) >= 11 is 1.86. The first-order valence-corrected chi connectivity index (χ1v) is 8.53. The number of thioether (sulfide) groups is 1. The standard InChI is InChI=1S/C15H20N2O2S/c1-20-13-7-3-6-12(13)17-14-10(15(18)19)8-9-4-2-5-11(9)16-14/h8,12-13H,2-7H2,1H3,(H,16,17)(H,18,19). The third-order valence-electron chi connectivity index (χ3n) is 4.36. The van der Waals surface area contributed by atoms with E-state index in [2.05, 4.69) is 16.6 Å². The molecule has 1 saturated carbocycles. The lowest BCUT2D eigenvalue weighted by Crippen LogP contribution is -2.27. The Morgan fingerprint density at radius 1 is 1.40 bits per heavy atom. The van der Waals surface area contributed by atoms with Crippen LogP contribution in [-0.2, 0) is 12.8 Å². The van der Waals surface area contributed by atoms with E-state index in [9.17, 15) is 9.90 Å². The Kier molecular flexibility index (Phi) is 3.87. The number of carbonyl (C=O) groups is 1. The summed E-state index contributed by atoms with van der Waals surface area (Å²) in [7, 11) is 0. The zero-order valence-electron chi connectivity index (χ0n) is 11.7. The van der Waals surface area contributed by atoms with Crippen molar-refractivity contribution in [2.24, 2.45) is 0 Å². The maximum atomic E-state index is 11.5. The van der Waals surface area contributed by atoms with Gasteiger partial charge in [0.1, 0.15) is 11.4 Å². The number of carboxylic acid groups (broad SMARTS) is 1. The van der Waals surface area contributed by atoms with E-state index in [1.807, 2.05) is 17.8 Å². The highest BCUT2D eigenvalue weighted by molar-refractivity contribution is 7.99. The maximum absolute atomic E-state index is 11.5. The Balaban J connectivity index is 1.90. The molecule has 0 radical (unpaired) electrons. The average molecular weight is 292 g/mol. The number of rotatable bonds is 4. The molecule has 0 saturated heterocycles. The number of nitrogens with zero attached hydrogens (tertiary/aromatic N) is 1. The Bertz CT molecular complexity index is 533. The van der Waals surface area contributed by atoms with Crippen LogP contribution in [0.5, 0.6) is 0 Å². The number of aromatic carboxylic acids is 1. The van der Waals surface area contributed by atoms with Gasteiger partial charge in [-0.15, -0.1) is 0 Å². The molecule has 20 heavy (non-hydrogen) atoms. The van der Waals surface area contributed by atoms with Gasteiger partial charge in [-0.3, -0.25) is 0 Å². The molecule has 5 heteroatoms. The molecule has 0 aliphatic heterocycles. The maximum Gasteiger partial charge on any atom is 0.339 e. The topological polar surface area (TPSA) is 62.2 Å². The first-order chi connectivity index (χ1) is 9.69. The van der Waals surface area contributed by atoms with Crippen LogP contribution in [0.1, 0.15) is 47.3 Å². The molecule has 0 bridgehead atoms. The van der Waals surface area contributed by atoms with Gasteiger partial charge in [0.15, 0.2) is 0 Å².